The number of thioether (sulfide) groups is 1. The minimum Gasteiger partial charge on any atom is -0.398 e. The van der Waals surface area contributed by atoms with Crippen LogP contribution in [0, 0.1) is 0 Å². The number of hydrogen-bond donors (Lipinski definition) is 2. The molecule has 0 bridgehead atoms. The molecule has 1 aliphatic rings. The number of carbonyl (C=O) groups is 1. The van der Waals surface area contributed by atoms with Crippen molar-refractivity contribution in [3.8, 4) is 0 Å². The predicted octanol–water partition coefficient (Wildman–Crippen LogP) is 1.70. The van der Waals surface area contributed by atoms with Crippen molar-refractivity contribution in [3.63, 3.8) is 0 Å². The summed E-state index contributed by atoms with van der Waals surface area (Å²) in [4.78, 5) is 12.2. The molecule has 1 aliphatic heterocycles. The van der Waals surface area contributed by atoms with Gasteiger partial charge in [0.2, 0.25) is 5.91 Å². The Kier molecular flexibility index (Phi) is 2.14. The molecule has 0 unspecified atom stereocenters. The van der Waals surface area contributed by atoms with Crippen LogP contribution in [0.2, 0.25) is 0 Å². The fourth-order valence-corrected chi connectivity index (χ4v) is 2.27. The van der Waals surface area contributed by atoms with Crippen LogP contribution in [-0.4, -0.2) is 11.7 Å². The van der Waals surface area contributed by atoms with Gasteiger partial charge in [0.05, 0.1) is 10.6 Å². The molecule has 1 aromatic carbocycles. The summed E-state index contributed by atoms with van der Waals surface area (Å²) < 4.78 is 0. The Labute approximate surface area is 80.7 Å². The highest BCUT2D eigenvalue weighted by Gasteiger charge is 2.14. The summed E-state index contributed by atoms with van der Waals surface area (Å²) >= 11 is 1.63. The van der Waals surface area contributed by atoms with Gasteiger partial charge in [-0.05, 0) is 12.1 Å². The van der Waals surface area contributed by atoms with Gasteiger partial charge in [0.25, 0.3) is 0 Å². The van der Waals surface area contributed by atoms with Crippen molar-refractivity contribution in [1.29, 1.82) is 0 Å². The molecule has 3 nitrogen and oxygen atoms in total. The third-order valence-corrected chi connectivity index (χ3v) is 3.05. The fraction of sp³-hybridized carbons (Fsp3) is 0.222. The quantitative estimate of drug-likeness (QED) is 0.618. The first-order valence-corrected chi connectivity index (χ1v) is 5.07. The van der Waals surface area contributed by atoms with Crippen molar-refractivity contribution in [3.05, 3.63) is 18.2 Å². The number of nitrogen functional groups attached to an aromatic ring is 1. The number of anilines is 2. The zero-order valence-corrected chi connectivity index (χ0v) is 7.86. The van der Waals surface area contributed by atoms with Crippen LogP contribution < -0.4 is 11.1 Å². The van der Waals surface area contributed by atoms with Crippen molar-refractivity contribution in [2.24, 2.45) is 0 Å². The molecule has 68 valence electrons. The average molecular weight is 194 g/mol. The van der Waals surface area contributed by atoms with E-state index in [0.29, 0.717) is 6.42 Å². The Morgan fingerprint density at radius 1 is 1.46 bits per heavy atom. The van der Waals surface area contributed by atoms with E-state index in [1.165, 1.54) is 0 Å². The second kappa shape index (κ2) is 3.30. The first-order chi connectivity index (χ1) is 6.27. The van der Waals surface area contributed by atoms with Crippen LogP contribution in [-0.2, 0) is 4.79 Å². The maximum atomic E-state index is 11.2. The average Bonchev–Trinajstić information content (AvgIpc) is 2.27. The van der Waals surface area contributed by atoms with Gasteiger partial charge in [-0.2, -0.15) is 0 Å². The summed E-state index contributed by atoms with van der Waals surface area (Å²) in [6.45, 7) is 0. The molecule has 0 atom stereocenters. The topological polar surface area (TPSA) is 55.1 Å². The van der Waals surface area contributed by atoms with Crippen molar-refractivity contribution in [1.82, 2.24) is 0 Å². The second-order valence-corrected chi connectivity index (χ2v) is 3.98. The molecule has 0 saturated carbocycles. The third-order valence-electron chi connectivity index (χ3n) is 1.90. The van der Waals surface area contributed by atoms with Crippen LogP contribution in [0.4, 0.5) is 11.4 Å². The first-order valence-electron chi connectivity index (χ1n) is 4.08. The molecule has 0 radical (unpaired) electrons. The molecule has 0 spiro atoms. The second-order valence-electron chi connectivity index (χ2n) is 2.87. The molecular weight excluding hydrogens is 184 g/mol. The van der Waals surface area contributed by atoms with E-state index < -0.39 is 0 Å². The van der Waals surface area contributed by atoms with Gasteiger partial charge in [-0.3, -0.25) is 4.79 Å². The summed E-state index contributed by atoms with van der Waals surface area (Å²) in [5.41, 5.74) is 7.36. The van der Waals surface area contributed by atoms with Crippen molar-refractivity contribution < 1.29 is 4.79 Å². The molecule has 1 aromatic rings. The third kappa shape index (κ3) is 1.62. The molecule has 0 aromatic heterocycles. The van der Waals surface area contributed by atoms with Gasteiger partial charge in [-0.25, -0.2) is 0 Å². The highest BCUT2D eigenvalue weighted by atomic mass is 32.2. The number of benzene rings is 1. The molecule has 1 heterocycles. The van der Waals surface area contributed by atoms with E-state index in [2.05, 4.69) is 5.32 Å². The number of nitrogens with two attached hydrogens (primary N) is 1. The normalized spacial score (nSPS) is 15.8. The maximum Gasteiger partial charge on any atom is 0.225 e. The number of fused-ring (bicyclic) bond motifs is 1. The van der Waals surface area contributed by atoms with E-state index in [1.54, 1.807) is 11.8 Å². The molecule has 1 amide bonds. The van der Waals surface area contributed by atoms with Crippen molar-refractivity contribution in [2.45, 2.75) is 11.3 Å². The maximum absolute atomic E-state index is 11.2. The van der Waals surface area contributed by atoms with Crippen LogP contribution in [0.3, 0.4) is 0 Å². The Hall–Kier alpha value is -1.16. The largest absolute Gasteiger partial charge is 0.398 e. The predicted molar refractivity (Wildman–Crippen MR) is 54.8 cm³/mol. The zero-order valence-electron chi connectivity index (χ0n) is 7.04. The fourth-order valence-electron chi connectivity index (χ4n) is 1.27. The van der Waals surface area contributed by atoms with E-state index in [9.17, 15) is 4.79 Å². The van der Waals surface area contributed by atoms with E-state index in [4.69, 9.17) is 5.73 Å². The zero-order chi connectivity index (χ0) is 9.26. The van der Waals surface area contributed by atoms with Gasteiger partial charge in [-0.15, -0.1) is 11.8 Å². The van der Waals surface area contributed by atoms with Crippen LogP contribution in [0.15, 0.2) is 23.1 Å². The van der Waals surface area contributed by atoms with Gasteiger partial charge in [0, 0.05) is 17.9 Å². The lowest BCUT2D eigenvalue weighted by atomic mass is 10.2. The van der Waals surface area contributed by atoms with Crippen molar-refractivity contribution in [2.75, 3.05) is 16.8 Å². The lowest BCUT2D eigenvalue weighted by Gasteiger charge is -2.07. The lowest BCUT2D eigenvalue weighted by Crippen LogP contribution is -2.10. The highest BCUT2D eigenvalue weighted by Crippen LogP contribution is 2.35. The van der Waals surface area contributed by atoms with Crippen LogP contribution in [0.1, 0.15) is 6.42 Å². The van der Waals surface area contributed by atoms with Gasteiger partial charge < -0.3 is 11.1 Å². The van der Waals surface area contributed by atoms with Gasteiger partial charge in [0.15, 0.2) is 0 Å². The lowest BCUT2D eigenvalue weighted by molar-refractivity contribution is -0.115. The monoisotopic (exact) mass is 194 g/mol. The standard InChI is InChI=1S/C9H10N2OS/c10-6-2-1-3-7-9(6)13-5-4-8(12)11-7/h1-3H,4-5,10H2,(H,11,12). The summed E-state index contributed by atoms with van der Waals surface area (Å²) in [6.07, 6.45) is 0.554. The first kappa shape index (κ1) is 8.44. The molecule has 3 N–H and O–H groups in total. The Morgan fingerprint density at radius 2 is 2.31 bits per heavy atom. The van der Waals surface area contributed by atoms with Gasteiger partial charge in [0.1, 0.15) is 0 Å². The Morgan fingerprint density at radius 3 is 3.15 bits per heavy atom. The number of amides is 1. The van der Waals surface area contributed by atoms with E-state index >= 15 is 0 Å². The van der Waals surface area contributed by atoms with Crippen LogP contribution in [0.5, 0.6) is 0 Å². The summed E-state index contributed by atoms with van der Waals surface area (Å²) in [6, 6.07) is 5.57. The molecular formula is C9H10N2OS. The van der Waals surface area contributed by atoms with Gasteiger partial charge in [-0.1, -0.05) is 6.07 Å². The molecule has 13 heavy (non-hydrogen) atoms. The summed E-state index contributed by atoms with van der Waals surface area (Å²) in [7, 11) is 0. The van der Waals surface area contributed by atoms with Crippen LogP contribution >= 0.6 is 11.8 Å². The molecule has 2 rings (SSSR count). The van der Waals surface area contributed by atoms with E-state index in [0.717, 1.165) is 22.0 Å². The molecule has 4 heteroatoms. The van der Waals surface area contributed by atoms with Crippen molar-refractivity contribution >= 4 is 29.0 Å². The number of rotatable bonds is 0. The number of carbonyl (C=O) groups excluding carboxylic acids is 1. The smallest absolute Gasteiger partial charge is 0.225 e. The number of nitrogens with one attached hydrogen (secondary N) is 1. The highest BCUT2D eigenvalue weighted by molar-refractivity contribution is 7.99. The minimum absolute atomic E-state index is 0.0665. The van der Waals surface area contributed by atoms with E-state index in [-0.39, 0.29) is 5.91 Å². The summed E-state index contributed by atoms with van der Waals surface area (Å²) in [5.74, 6) is 0.865. The SMILES string of the molecule is Nc1cccc2c1SCCC(=O)N2. The molecule has 0 aliphatic carbocycles. The van der Waals surface area contributed by atoms with E-state index in [1.807, 2.05) is 18.2 Å². The number of hydrogen-bond acceptors (Lipinski definition) is 3. The van der Waals surface area contributed by atoms with Crippen LogP contribution in [0.25, 0.3) is 0 Å². The summed E-state index contributed by atoms with van der Waals surface area (Å²) in [5, 5.41) is 2.82. The van der Waals surface area contributed by atoms with Gasteiger partial charge >= 0.3 is 0 Å². The minimum atomic E-state index is 0.0665. The molecule has 0 saturated heterocycles. The Balaban J connectivity index is 2.45. The molecule has 0 fully saturated rings. The Bertz CT molecular complexity index is 351.